The Bertz CT molecular complexity index is 486. The highest BCUT2D eigenvalue weighted by molar-refractivity contribution is 14.1. The first-order valence-electron chi connectivity index (χ1n) is 5.69. The molecule has 1 heterocycles. The van der Waals surface area contributed by atoms with Crippen LogP contribution >= 0.6 is 33.9 Å². The number of carboxylic acids is 1. The lowest BCUT2D eigenvalue weighted by molar-refractivity contribution is 0.0693. The molecule has 4 heteroatoms. The maximum absolute atomic E-state index is 11.4. The number of halogens is 1. The Hall–Kier alpha value is -0.100. The molecule has 0 radical (unpaired) electrons. The zero-order chi connectivity index (χ0) is 13.0. The highest BCUT2D eigenvalue weighted by Gasteiger charge is 2.41. The molecule has 0 aromatic carbocycles. The van der Waals surface area contributed by atoms with Crippen LogP contribution < -0.4 is 0 Å². The summed E-state index contributed by atoms with van der Waals surface area (Å²) in [5, 5.41) is 9.35. The molecule has 17 heavy (non-hydrogen) atoms. The topological polar surface area (TPSA) is 37.3 Å². The molecule has 0 spiro atoms. The number of hydrogen-bond donors (Lipinski definition) is 1. The first-order chi connectivity index (χ1) is 7.64. The third-order valence-electron chi connectivity index (χ3n) is 3.37. The zero-order valence-corrected chi connectivity index (χ0v) is 13.5. The monoisotopic (exact) mass is 364 g/mol. The molecule has 0 amide bonds. The van der Waals surface area contributed by atoms with Crippen molar-refractivity contribution in [1.82, 2.24) is 0 Å². The predicted octanol–water partition coefficient (Wildman–Crippen LogP) is 4.30. The van der Waals surface area contributed by atoms with Gasteiger partial charge in [0.05, 0.1) is 8.45 Å². The van der Waals surface area contributed by atoms with Gasteiger partial charge >= 0.3 is 5.97 Å². The third-order valence-corrected chi connectivity index (χ3v) is 5.95. The lowest BCUT2D eigenvalue weighted by Crippen LogP contribution is -2.34. The number of rotatable bonds is 1. The van der Waals surface area contributed by atoms with Gasteiger partial charge in [-0.1, -0.05) is 27.7 Å². The van der Waals surface area contributed by atoms with E-state index in [1.165, 1.54) is 4.88 Å². The van der Waals surface area contributed by atoms with Gasteiger partial charge in [0.15, 0.2) is 0 Å². The highest BCUT2D eigenvalue weighted by Crippen LogP contribution is 2.50. The molecule has 0 unspecified atom stereocenters. The first-order valence-corrected chi connectivity index (χ1v) is 7.58. The Morgan fingerprint density at radius 2 is 1.94 bits per heavy atom. The van der Waals surface area contributed by atoms with Gasteiger partial charge in [0, 0.05) is 4.88 Å². The third kappa shape index (κ3) is 2.26. The van der Waals surface area contributed by atoms with Crippen LogP contribution in [0.1, 0.15) is 54.9 Å². The minimum Gasteiger partial charge on any atom is -0.478 e. The molecule has 0 saturated heterocycles. The summed E-state index contributed by atoms with van der Waals surface area (Å²) >= 11 is 3.82. The summed E-state index contributed by atoms with van der Waals surface area (Å²) in [6.07, 6.45) is 2.00. The number of carboxylic acid groups (broad SMARTS) is 1. The molecule has 1 aromatic rings. The Morgan fingerprint density at radius 1 is 1.35 bits per heavy atom. The average molecular weight is 364 g/mol. The second kappa shape index (κ2) is 3.95. The minimum absolute atomic E-state index is 0.0926. The lowest BCUT2D eigenvalue weighted by Gasteiger charge is -2.40. The first kappa shape index (κ1) is 13.3. The molecular formula is C13H17IO2S. The quantitative estimate of drug-likeness (QED) is 0.755. The smallest absolute Gasteiger partial charge is 0.337 e. The van der Waals surface area contributed by atoms with E-state index in [0.717, 1.165) is 21.3 Å². The highest BCUT2D eigenvalue weighted by atomic mass is 127. The van der Waals surface area contributed by atoms with Crippen LogP contribution in [-0.2, 0) is 11.8 Å². The average Bonchev–Trinajstić information content (AvgIpc) is 2.38. The van der Waals surface area contributed by atoms with Crippen molar-refractivity contribution < 1.29 is 9.90 Å². The molecule has 2 rings (SSSR count). The van der Waals surface area contributed by atoms with Gasteiger partial charge in [-0.3, -0.25) is 0 Å². The summed E-state index contributed by atoms with van der Waals surface area (Å²) in [7, 11) is 0. The fraction of sp³-hybridized carbons (Fsp3) is 0.615. The molecule has 94 valence electrons. The van der Waals surface area contributed by atoms with Crippen LogP contribution in [0.15, 0.2) is 0 Å². The van der Waals surface area contributed by atoms with Gasteiger partial charge in [-0.25, -0.2) is 4.79 Å². The SMILES string of the molecule is CC1(C)Cc2c(sc(I)c2C(=O)O)C(C)(C)C1. The van der Waals surface area contributed by atoms with E-state index in [2.05, 4.69) is 50.3 Å². The van der Waals surface area contributed by atoms with E-state index in [0.29, 0.717) is 5.56 Å². The summed E-state index contributed by atoms with van der Waals surface area (Å²) in [6, 6.07) is 0. The van der Waals surface area contributed by atoms with Crippen molar-refractivity contribution in [2.75, 3.05) is 0 Å². The van der Waals surface area contributed by atoms with Crippen molar-refractivity contribution >= 4 is 39.9 Å². The van der Waals surface area contributed by atoms with Gasteiger partial charge in [-0.2, -0.15) is 0 Å². The van der Waals surface area contributed by atoms with Crippen LogP contribution in [0.3, 0.4) is 0 Å². The van der Waals surface area contributed by atoms with Crippen LogP contribution in [0.4, 0.5) is 0 Å². The Kier molecular flexibility index (Phi) is 3.10. The van der Waals surface area contributed by atoms with Gasteiger partial charge in [-0.05, 0) is 51.8 Å². The van der Waals surface area contributed by atoms with E-state index in [-0.39, 0.29) is 10.8 Å². The van der Waals surface area contributed by atoms with Crippen LogP contribution in [0.5, 0.6) is 0 Å². The molecule has 0 aliphatic heterocycles. The fourth-order valence-electron chi connectivity index (χ4n) is 3.18. The van der Waals surface area contributed by atoms with E-state index in [4.69, 9.17) is 0 Å². The lowest BCUT2D eigenvalue weighted by atomic mass is 9.65. The van der Waals surface area contributed by atoms with Gasteiger partial charge < -0.3 is 5.11 Å². The zero-order valence-electron chi connectivity index (χ0n) is 10.6. The van der Waals surface area contributed by atoms with E-state index in [1.807, 2.05) is 0 Å². The molecule has 1 aliphatic rings. The number of hydrogen-bond acceptors (Lipinski definition) is 2. The maximum atomic E-state index is 11.4. The Balaban J connectivity index is 2.67. The maximum Gasteiger partial charge on any atom is 0.337 e. The number of aromatic carboxylic acids is 1. The Morgan fingerprint density at radius 3 is 2.47 bits per heavy atom. The molecule has 1 aromatic heterocycles. The van der Waals surface area contributed by atoms with Gasteiger partial charge in [0.2, 0.25) is 0 Å². The molecule has 0 atom stereocenters. The Labute approximate surface area is 120 Å². The second-order valence-corrected chi connectivity index (χ2v) is 9.10. The molecule has 1 N–H and O–H groups in total. The number of carbonyl (C=O) groups is 1. The van der Waals surface area contributed by atoms with Crippen molar-refractivity contribution in [3.05, 3.63) is 18.9 Å². The summed E-state index contributed by atoms with van der Waals surface area (Å²) in [5.74, 6) is -0.777. The van der Waals surface area contributed by atoms with E-state index >= 15 is 0 Å². The van der Waals surface area contributed by atoms with Gasteiger partial charge in [0.1, 0.15) is 0 Å². The summed E-state index contributed by atoms with van der Waals surface area (Å²) in [6.45, 7) is 8.91. The van der Waals surface area contributed by atoms with E-state index < -0.39 is 5.97 Å². The minimum atomic E-state index is -0.777. The van der Waals surface area contributed by atoms with Crippen LogP contribution in [0, 0.1) is 8.30 Å². The fourth-order valence-corrected chi connectivity index (χ4v) is 5.54. The van der Waals surface area contributed by atoms with Crippen molar-refractivity contribution in [3.63, 3.8) is 0 Å². The summed E-state index contributed by atoms with van der Waals surface area (Å²) < 4.78 is 0.922. The van der Waals surface area contributed by atoms with Crippen molar-refractivity contribution in [2.24, 2.45) is 5.41 Å². The largest absolute Gasteiger partial charge is 0.478 e. The van der Waals surface area contributed by atoms with Crippen molar-refractivity contribution in [2.45, 2.75) is 46.0 Å². The molecule has 1 aliphatic carbocycles. The number of fused-ring (bicyclic) bond motifs is 1. The van der Waals surface area contributed by atoms with E-state index in [9.17, 15) is 9.90 Å². The molecule has 0 saturated carbocycles. The van der Waals surface area contributed by atoms with Gasteiger partial charge in [-0.15, -0.1) is 11.3 Å². The standard InChI is InChI=1S/C13H17IO2S/c1-12(2)5-7-8(11(15)16)10(14)17-9(7)13(3,4)6-12/h5-6H2,1-4H3,(H,15,16). The van der Waals surface area contributed by atoms with Gasteiger partial charge in [0.25, 0.3) is 0 Å². The molecular weight excluding hydrogens is 347 g/mol. The molecule has 0 fully saturated rings. The predicted molar refractivity (Wildman–Crippen MR) is 79.1 cm³/mol. The number of thiophene rings is 1. The van der Waals surface area contributed by atoms with Crippen molar-refractivity contribution in [1.29, 1.82) is 0 Å². The van der Waals surface area contributed by atoms with E-state index in [1.54, 1.807) is 11.3 Å². The normalized spacial score (nSPS) is 21.0. The van der Waals surface area contributed by atoms with Crippen LogP contribution in [0.25, 0.3) is 0 Å². The molecule has 2 nitrogen and oxygen atoms in total. The summed E-state index contributed by atoms with van der Waals surface area (Å²) in [5.41, 5.74) is 1.90. The van der Waals surface area contributed by atoms with Crippen LogP contribution in [0.2, 0.25) is 0 Å². The summed E-state index contributed by atoms with van der Waals surface area (Å²) in [4.78, 5) is 12.7. The second-order valence-electron chi connectivity index (χ2n) is 6.27. The van der Waals surface area contributed by atoms with Crippen LogP contribution in [-0.4, -0.2) is 11.1 Å². The van der Waals surface area contributed by atoms with Crippen molar-refractivity contribution in [3.8, 4) is 0 Å². The molecule has 0 bridgehead atoms.